The fraction of sp³-hybridized carbons (Fsp3) is 0.432. The minimum atomic E-state index is -0.231. The molecule has 238 valence electrons. The summed E-state index contributed by atoms with van der Waals surface area (Å²) < 4.78 is 0. The molecule has 3 amide bonds. The normalized spacial score (nSPS) is 19.0. The largest absolute Gasteiger partial charge is 0.368 e. The lowest BCUT2D eigenvalue weighted by molar-refractivity contribution is -0.130. The highest BCUT2D eigenvalue weighted by atomic mass is 16.2. The number of anilines is 2. The first kappa shape index (κ1) is 32.2. The minimum Gasteiger partial charge on any atom is -0.368 e. The van der Waals surface area contributed by atoms with Crippen LogP contribution < -0.4 is 21.3 Å². The van der Waals surface area contributed by atoms with E-state index in [0.29, 0.717) is 42.9 Å². The maximum Gasteiger partial charge on any atom is 0.255 e. The van der Waals surface area contributed by atoms with Gasteiger partial charge in [0.05, 0.1) is 17.8 Å². The fourth-order valence-electron chi connectivity index (χ4n) is 6.19. The second kappa shape index (κ2) is 14.3. The third-order valence-electron chi connectivity index (χ3n) is 9.01. The summed E-state index contributed by atoms with van der Waals surface area (Å²) in [5.74, 6) is -0.267. The first-order chi connectivity index (χ1) is 21.6. The molecule has 1 aliphatic heterocycles. The topological polar surface area (TPSA) is 108 Å². The first-order valence-electron chi connectivity index (χ1n) is 16.3. The van der Waals surface area contributed by atoms with Gasteiger partial charge in [0.2, 0.25) is 5.91 Å². The van der Waals surface area contributed by atoms with Gasteiger partial charge in [0.15, 0.2) is 0 Å². The number of carbonyl (C=O) groups is 3. The highest BCUT2D eigenvalue weighted by Crippen LogP contribution is 2.30. The molecule has 1 saturated heterocycles. The summed E-state index contributed by atoms with van der Waals surface area (Å²) in [5.41, 5.74) is 10.7. The SMILES string of the molecule is CC(C)(C)c1ccc(C(=O)Nc2cc(C(=O)NC3CCC(N)CC3)ccc2N2CCCN(C(=O)Cc3ccccc3)CC2)cc1. The number of nitrogens with one attached hydrogen (secondary N) is 2. The molecular formula is C37H47N5O3. The van der Waals surface area contributed by atoms with E-state index in [9.17, 15) is 14.4 Å². The molecular weight excluding hydrogens is 562 g/mol. The predicted molar refractivity (Wildman–Crippen MR) is 181 cm³/mol. The highest BCUT2D eigenvalue weighted by molar-refractivity contribution is 6.07. The number of hydrogen-bond donors (Lipinski definition) is 3. The number of amides is 3. The Kier molecular flexibility index (Phi) is 10.2. The fourth-order valence-corrected chi connectivity index (χ4v) is 6.19. The van der Waals surface area contributed by atoms with Crippen LogP contribution in [0, 0.1) is 0 Å². The molecule has 3 aromatic carbocycles. The Morgan fingerprint density at radius 2 is 1.49 bits per heavy atom. The van der Waals surface area contributed by atoms with Crippen molar-refractivity contribution in [1.29, 1.82) is 0 Å². The van der Waals surface area contributed by atoms with E-state index in [4.69, 9.17) is 5.73 Å². The first-order valence-corrected chi connectivity index (χ1v) is 16.3. The van der Waals surface area contributed by atoms with Gasteiger partial charge in [0.1, 0.15) is 0 Å². The molecule has 1 saturated carbocycles. The highest BCUT2D eigenvalue weighted by Gasteiger charge is 2.25. The van der Waals surface area contributed by atoms with Crippen LogP contribution in [0.1, 0.15) is 84.7 Å². The summed E-state index contributed by atoms with van der Waals surface area (Å²) in [6, 6.07) is 23.3. The molecule has 0 bridgehead atoms. The molecule has 0 aromatic heterocycles. The van der Waals surface area contributed by atoms with Crippen LogP contribution in [0.4, 0.5) is 11.4 Å². The van der Waals surface area contributed by atoms with Crippen molar-refractivity contribution in [3.05, 3.63) is 95.1 Å². The number of benzene rings is 3. The smallest absolute Gasteiger partial charge is 0.255 e. The van der Waals surface area contributed by atoms with Gasteiger partial charge in [-0.2, -0.15) is 0 Å². The van der Waals surface area contributed by atoms with Crippen molar-refractivity contribution >= 4 is 29.1 Å². The molecule has 45 heavy (non-hydrogen) atoms. The molecule has 0 spiro atoms. The predicted octanol–water partition coefficient (Wildman–Crippen LogP) is 5.52. The Morgan fingerprint density at radius 1 is 0.800 bits per heavy atom. The molecule has 4 N–H and O–H groups in total. The molecule has 1 heterocycles. The second-order valence-corrected chi connectivity index (χ2v) is 13.5. The summed E-state index contributed by atoms with van der Waals surface area (Å²) in [6.45, 7) is 9.04. The molecule has 8 heteroatoms. The van der Waals surface area contributed by atoms with E-state index in [2.05, 4.69) is 36.3 Å². The van der Waals surface area contributed by atoms with E-state index >= 15 is 0 Å². The zero-order chi connectivity index (χ0) is 32.0. The van der Waals surface area contributed by atoms with E-state index in [1.807, 2.05) is 71.6 Å². The van der Waals surface area contributed by atoms with Crippen LogP contribution in [0.3, 0.4) is 0 Å². The van der Waals surface area contributed by atoms with Crippen LogP contribution in [0.25, 0.3) is 0 Å². The van der Waals surface area contributed by atoms with Crippen molar-refractivity contribution in [2.75, 3.05) is 36.4 Å². The average molecular weight is 610 g/mol. The number of nitrogens with two attached hydrogens (primary N) is 1. The standard InChI is InChI=1S/C37H47N5O3/c1-37(2,3)29-13-10-27(11-14-29)35(44)40-32-25-28(36(45)39-31-17-15-30(38)16-18-31)12-19-33(32)41-20-7-21-42(23-22-41)34(43)24-26-8-5-4-6-9-26/h4-6,8-14,19,25,30-31H,7,15-18,20-24,38H2,1-3H3,(H,39,45)(H,40,44). The molecule has 0 unspecified atom stereocenters. The maximum absolute atomic E-state index is 13.5. The average Bonchev–Trinajstić information content (AvgIpc) is 3.29. The number of carbonyl (C=O) groups excluding carboxylic acids is 3. The number of hydrogen-bond acceptors (Lipinski definition) is 5. The van der Waals surface area contributed by atoms with Gasteiger partial charge in [-0.15, -0.1) is 0 Å². The van der Waals surface area contributed by atoms with Crippen LogP contribution in [-0.4, -0.2) is 60.9 Å². The summed E-state index contributed by atoms with van der Waals surface area (Å²) in [5, 5.41) is 6.29. The second-order valence-electron chi connectivity index (χ2n) is 13.5. The summed E-state index contributed by atoms with van der Waals surface area (Å²) in [7, 11) is 0. The van der Waals surface area contributed by atoms with E-state index in [1.165, 1.54) is 0 Å². The van der Waals surface area contributed by atoms with Gasteiger partial charge in [-0.1, -0.05) is 63.2 Å². The van der Waals surface area contributed by atoms with E-state index in [1.54, 1.807) is 6.07 Å². The van der Waals surface area contributed by atoms with Gasteiger partial charge in [0, 0.05) is 49.4 Å². The van der Waals surface area contributed by atoms with Crippen molar-refractivity contribution in [2.24, 2.45) is 5.73 Å². The van der Waals surface area contributed by atoms with Crippen molar-refractivity contribution in [3.8, 4) is 0 Å². The van der Waals surface area contributed by atoms with Gasteiger partial charge < -0.3 is 26.2 Å². The summed E-state index contributed by atoms with van der Waals surface area (Å²) >= 11 is 0. The Bertz CT molecular complexity index is 1470. The molecule has 2 fully saturated rings. The van der Waals surface area contributed by atoms with E-state index < -0.39 is 0 Å². The van der Waals surface area contributed by atoms with Crippen LogP contribution in [-0.2, 0) is 16.6 Å². The summed E-state index contributed by atoms with van der Waals surface area (Å²) in [6.07, 6.45) is 4.72. The lowest BCUT2D eigenvalue weighted by Crippen LogP contribution is -2.40. The molecule has 2 aliphatic rings. The minimum absolute atomic E-state index is 0.0175. The molecule has 5 rings (SSSR count). The quantitative estimate of drug-likeness (QED) is 0.327. The molecule has 0 atom stereocenters. The Hall–Kier alpha value is -4.17. The van der Waals surface area contributed by atoms with Crippen LogP contribution in [0.5, 0.6) is 0 Å². The third kappa shape index (κ3) is 8.51. The Morgan fingerprint density at radius 3 is 2.18 bits per heavy atom. The number of nitrogens with zero attached hydrogens (tertiary/aromatic N) is 2. The van der Waals surface area contributed by atoms with Gasteiger partial charge >= 0.3 is 0 Å². The van der Waals surface area contributed by atoms with Crippen molar-refractivity contribution in [2.45, 2.75) is 76.8 Å². The molecule has 1 aliphatic carbocycles. The lowest BCUT2D eigenvalue weighted by Gasteiger charge is -2.28. The van der Waals surface area contributed by atoms with Crippen LogP contribution in [0.15, 0.2) is 72.8 Å². The van der Waals surface area contributed by atoms with E-state index in [-0.39, 0.29) is 35.2 Å². The van der Waals surface area contributed by atoms with E-state index in [0.717, 1.165) is 55.5 Å². The van der Waals surface area contributed by atoms with Gasteiger partial charge in [-0.25, -0.2) is 0 Å². The van der Waals surface area contributed by atoms with Crippen molar-refractivity contribution < 1.29 is 14.4 Å². The molecule has 0 radical (unpaired) electrons. The van der Waals surface area contributed by atoms with Crippen LogP contribution >= 0.6 is 0 Å². The Labute approximate surface area is 267 Å². The van der Waals surface area contributed by atoms with Gasteiger partial charge in [-0.05, 0) is 79.0 Å². The van der Waals surface area contributed by atoms with Crippen molar-refractivity contribution in [3.63, 3.8) is 0 Å². The zero-order valence-electron chi connectivity index (χ0n) is 26.9. The molecule has 3 aromatic rings. The maximum atomic E-state index is 13.5. The van der Waals surface area contributed by atoms with Gasteiger partial charge in [0.25, 0.3) is 11.8 Å². The monoisotopic (exact) mass is 609 g/mol. The number of rotatable bonds is 7. The lowest BCUT2D eigenvalue weighted by atomic mass is 9.86. The van der Waals surface area contributed by atoms with Gasteiger partial charge in [-0.3, -0.25) is 14.4 Å². The zero-order valence-corrected chi connectivity index (χ0v) is 26.9. The third-order valence-corrected chi connectivity index (χ3v) is 9.01. The summed E-state index contributed by atoms with van der Waals surface area (Å²) in [4.78, 5) is 44.1. The van der Waals surface area contributed by atoms with Crippen molar-refractivity contribution in [1.82, 2.24) is 10.2 Å². The van der Waals surface area contributed by atoms with Crippen LogP contribution in [0.2, 0.25) is 0 Å². The molecule has 8 nitrogen and oxygen atoms in total. The Balaban J connectivity index is 1.34.